The third kappa shape index (κ3) is 4.05. The molecule has 1 aromatic carbocycles. The smallest absolute Gasteiger partial charge is 0.320 e. The molecule has 0 saturated carbocycles. The molecule has 2 N–H and O–H groups in total. The summed E-state index contributed by atoms with van der Waals surface area (Å²) in [6.07, 6.45) is 7.58. The van der Waals surface area contributed by atoms with Crippen molar-refractivity contribution in [2.24, 2.45) is 5.92 Å². The lowest BCUT2D eigenvalue weighted by atomic mass is 9.97. The van der Waals surface area contributed by atoms with Gasteiger partial charge in [0.15, 0.2) is 5.78 Å². The number of carbonyl (C=O) groups is 2. The fourth-order valence-electron chi connectivity index (χ4n) is 6.58. The van der Waals surface area contributed by atoms with E-state index in [0.717, 1.165) is 60.2 Å². The number of pyridine rings is 1. The number of rotatable bonds is 4. The van der Waals surface area contributed by atoms with Crippen LogP contribution in [-0.2, 0) is 17.9 Å². The number of carbonyl (C=O) groups excluding carboxylic acids is 2. The largest absolute Gasteiger partial charge is 0.376 e. The van der Waals surface area contributed by atoms with Crippen LogP contribution in [0, 0.1) is 11.7 Å². The SMILES string of the molecule is CNCC1CCN(C(=O)N2CCn3cc(C4=C(c5cnc6ccccn56)C(=O)CN4)c4cc(F)cc(c43)C2)CC1. The first-order valence-corrected chi connectivity index (χ1v) is 14.0. The average Bonchev–Trinajstić information content (AvgIpc) is 3.62. The predicted octanol–water partition coefficient (Wildman–Crippen LogP) is 3.34. The van der Waals surface area contributed by atoms with Gasteiger partial charge in [-0.15, -0.1) is 0 Å². The van der Waals surface area contributed by atoms with Gasteiger partial charge in [-0.05, 0) is 62.2 Å². The lowest BCUT2D eigenvalue weighted by molar-refractivity contribution is -0.112. The van der Waals surface area contributed by atoms with Crippen LogP contribution in [0.3, 0.4) is 0 Å². The minimum atomic E-state index is -0.357. The zero-order chi connectivity index (χ0) is 27.4. The van der Waals surface area contributed by atoms with E-state index in [-0.39, 0.29) is 24.2 Å². The van der Waals surface area contributed by atoms with Crippen LogP contribution in [0.25, 0.3) is 27.8 Å². The predicted molar refractivity (Wildman–Crippen MR) is 151 cm³/mol. The molecule has 4 aromatic rings. The number of likely N-dealkylation sites (tertiary alicyclic amines) is 1. The number of imidazole rings is 1. The van der Waals surface area contributed by atoms with Crippen molar-refractivity contribution in [2.45, 2.75) is 25.9 Å². The molecule has 40 heavy (non-hydrogen) atoms. The zero-order valence-electron chi connectivity index (χ0n) is 22.5. The maximum atomic E-state index is 15.1. The first kappa shape index (κ1) is 24.8. The van der Waals surface area contributed by atoms with Crippen molar-refractivity contribution in [2.75, 3.05) is 39.8 Å². The highest BCUT2D eigenvalue weighted by Crippen LogP contribution is 2.37. The van der Waals surface area contributed by atoms with Crippen LogP contribution in [-0.4, -0.2) is 75.3 Å². The minimum Gasteiger partial charge on any atom is -0.376 e. The van der Waals surface area contributed by atoms with Gasteiger partial charge in [0.05, 0.1) is 35.2 Å². The van der Waals surface area contributed by atoms with Crippen LogP contribution in [0.15, 0.2) is 48.9 Å². The third-order valence-electron chi connectivity index (χ3n) is 8.53. The van der Waals surface area contributed by atoms with Gasteiger partial charge >= 0.3 is 6.03 Å². The fraction of sp³-hybridized carbons (Fsp3) is 0.367. The van der Waals surface area contributed by atoms with Crippen LogP contribution in [0.4, 0.5) is 9.18 Å². The van der Waals surface area contributed by atoms with E-state index >= 15 is 4.39 Å². The molecule has 0 bridgehead atoms. The monoisotopic (exact) mass is 541 g/mol. The normalized spacial score (nSPS) is 18.2. The van der Waals surface area contributed by atoms with Crippen LogP contribution in [0.1, 0.15) is 29.7 Å². The molecule has 3 aliphatic rings. The van der Waals surface area contributed by atoms with Gasteiger partial charge in [0.1, 0.15) is 11.5 Å². The highest BCUT2D eigenvalue weighted by atomic mass is 19.1. The average molecular weight is 542 g/mol. The number of piperidine rings is 1. The number of benzene rings is 1. The first-order chi connectivity index (χ1) is 19.5. The number of hydrogen-bond acceptors (Lipinski definition) is 5. The van der Waals surface area contributed by atoms with Crippen LogP contribution < -0.4 is 10.6 Å². The molecule has 1 fully saturated rings. The number of halogens is 1. The molecule has 0 aliphatic carbocycles. The number of ketones is 1. The van der Waals surface area contributed by atoms with E-state index in [4.69, 9.17) is 0 Å². The summed E-state index contributed by atoms with van der Waals surface area (Å²) in [6.45, 7) is 4.10. The zero-order valence-corrected chi connectivity index (χ0v) is 22.5. The van der Waals surface area contributed by atoms with E-state index in [2.05, 4.69) is 20.2 Å². The number of hydrogen-bond donors (Lipinski definition) is 2. The molecule has 9 nitrogen and oxygen atoms in total. The van der Waals surface area contributed by atoms with Gasteiger partial charge in [-0.3, -0.25) is 9.20 Å². The fourth-order valence-corrected chi connectivity index (χ4v) is 6.58. The highest BCUT2D eigenvalue weighted by molar-refractivity contribution is 6.32. The number of fused-ring (bicyclic) bond motifs is 1. The summed E-state index contributed by atoms with van der Waals surface area (Å²) in [5, 5.41) is 7.27. The molecule has 2 amide bonds. The van der Waals surface area contributed by atoms with Crippen molar-refractivity contribution >= 4 is 39.6 Å². The summed E-state index contributed by atoms with van der Waals surface area (Å²) >= 11 is 0. The minimum absolute atomic E-state index is 0.0203. The summed E-state index contributed by atoms with van der Waals surface area (Å²) in [6, 6.07) is 8.81. The molecule has 7 rings (SSSR count). The second-order valence-electron chi connectivity index (χ2n) is 11.0. The van der Waals surface area contributed by atoms with Crippen LogP contribution >= 0.6 is 0 Å². The Hall–Kier alpha value is -4.18. The number of nitrogens with one attached hydrogen (secondary N) is 2. The van der Waals surface area contributed by atoms with Crippen molar-refractivity contribution in [3.63, 3.8) is 0 Å². The Morgan fingerprint density at radius 2 is 2.00 bits per heavy atom. The Bertz CT molecular complexity index is 1680. The van der Waals surface area contributed by atoms with E-state index in [9.17, 15) is 9.59 Å². The third-order valence-corrected chi connectivity index (χ3v) is 8.53. The molecule has 1 saturated heterocycles. The van der Waals surface area contributed by atoms with Crippen molar-refractivity contribution < 1.29 is 14.0 Å². The number of Topliss-reactive ketones (excluding diaryl/α,β-unsaturated/α-hetero) is 1. The maximum absolute atomic E-state index is 15.1. The molecule has 10 heteroatoms. The molecule has 0 radical (unpaired) electrons. The van der Waals surface area contributed by atoms with E-state index in [0.29, 0.717) is 42.5 Å². The highest BCUT2D eigenvalue weighted by Gasteiger charge is 2.32. The second-order valence-corrected chi connectivity index (χ2v) is 11.0. The van der Waals surface area contributed by atoms with Gasteiger partial charge in [0, 0.05) is 56.1 Å². The topological polar surface area (TPSA) is 86.9 Å². The number of amides is 2. The lowest BCUT2D eigenvalue weighted by Gasteiger charge is -2.35. The Morgan fingerprint density at radius 3 is 2.83 bits per heavy atom. The number of aromatic nitrogens is 3. The quantitative estimate of drug-likeness (QED) is 0.414. The van der Waals surface area contributed by atoms with Crippen molar-refractivity contribution in [1.82, 2.24) is 34.4 Å². The van der Waals surface area contributed by atoms with Gasteiger partial charge in [0.2, 0.25) is 0 Å². The van der Waals surface area contributed by atoms with Crippen LogP contribution in [0.2, 0.25) is 0 Å². The molecule has 3 aromatic heterocycles. The van der Waals surface area contributed by atoms with Gasteiger partial charge in [-0.2, -0.15) is 0 Å². The van der Waals surface area contributed by atoms with E-state index in [1.807, 2.05) is 51.8 Å². The number of nitrogens with zero attached hydrogens (tertiary/aromatic N) is 5. The first-order valence-electron chi connectivity index (χ1n) is 14.0. The summed E-state index contributed by atoms with van der Waals surface area (Å²) in [5.41, 5.74) is 5.18. The van der Waals surface area contributed by atoms with Gasteiger partial charge in [0.25, 0.3) is 0 Å². The Balaban J connectivity index is 1.25. The van der Waals surface area contributed by atoms with Gasteiger partial charge in [-0.1, -0.05) is 6.07 Å². The molecule has 0 spiro atoms. The summed E-state index contributed by atoms with van der Waals surface area (Å²) in [5.74, 6) is 0.210. The van der Waals surface area contributed by atoms with E-state index < -0.39 is 0 Å². The lowest BCUT2D eigenvalue weighted by Crippen LogP contribution is -2.47. The molecule has 206 valence electrons. The number of urea groups is 1. The van der Waals surface area contributed by atoms with E-state index in [1.54, 1.807) is 12.3 Å². The van der Waals surface area contributed by atoms with Crippen LogP contribution in [0.5, 0.6) is 0 Å². The van der Waals surface area contributed by atoms with Gasteiger partial charge < -0.3 is 25.0 Å². The van der Waals surface area contributed by atoms with Gasteiger partial charge in [-0.25, -0.2) is 14.2 Å². The van der Waals surface area contributed by atoms with E-state index in [1.165, 1.54) is 6.07 Å². The molecular weight excluding hydrogens is 509 g/mol. The van der Waals surface area contributed by atoms with Crippen molar-refractivity contribution in [3.8, 4) is 0 Å². The maximum Gasteiger partial charge on any atom is 0.320 e. The van der Waals surface area contributed by atoms with Crippen molar-refractivity contribution in [1.29, 1.82) is 0 Å². The summed E-state index contributed by atoms with van der Waals surface area (Å²) < 4.78 is 19.1. The Kier molecular flexibility index (Phi) is 6.07. The molecular formula is C30H32FN7O2. The standard InChI is InChI=1S/C30H32FN7O2/c1-32-14-19-5-8-35(9-6-19)30(40)37-11-10-36-18-23(22-13-21(31)12-20(17-37)29(22)36)28-27(25(39)16-34-28)24-15-33-26-4-2-3-7-38(24)26/h2-4,7,12-13,15,18-19,32,34H,5-6,8-11,14,16-17H2,1H3. The summed E-state index contributed by atoms with van der Waals surface area (Å²) in [4.78, 5) is 34.9. The molecule has 0 atom stereocenters. The second kappa shape index (κ2) is 9.78. The molecule has 0 unspecified atom stereocenters. The molecule has 6 heterocycles. The Labute approximate surface area is 231 Å². The Morgan fingerprint density at radius 1 is 1.15 bits per heavy atom. The van der Waals surface area contributed by atoms with Crippen molar-refractivity contribution in [3.05, 3.63) is 71.6 Å². The summed E-state index contributed by atoms with van der Waals surface area (Å²) in [7, 11) is 1.97. The molecule has 3 aliphatic heterocycles.